The van der Waals surface area contributed by atoms with Crippen LogP contribution in [0.3, 0.4) is 0 Å². The largest absolute Gasteiger partial charge is 0.497 e. The van der Waals surface area contributed by atoms with Gasteiger partial charge in [-0.1, -0.05) is 24.3 Å². The summed E-state index contributed by atoms with van der Waals surface area (Å²) in [7, 11) is -2.88. The molecule has 2 aromatic carbocycles. The predicted molar refractivity (Wildman–Crippen MR) is 127 cm³/mol. The number of anilines is 1. The molecule has 0 spiro atoms. The van der Waals surface area contributed by atoms with Gasteiger partial charge in [0.25, 0.3) is 16.0 Å². The van der Waals surface area contributed by atoms with Crippen molar-refractivity contribution in [3.63, 3.8) is 0 Å². The minimum atomic E-state index is -4.38. The number of nitrogens with zero attached hydrogens (tertiary/aromatic N) is 2. The number of rotatable bonds is 7. The van der Waals surface area contributed by atoms with Gasteiger partial charge in [-0.15, -0.1) is 0 Å². The maximum atomic E-state index is 13.2. The van der Waals surface area contributed by atoms with Gasteiger partial charge in [-0.2, -0.15) is 8.42 Å². The summed E-state index contributed by atoms with van der Waals surface area (Å²) in [6.45, 7) is 0. The third-order valence-electron chi connectivity index (χ3n) is 5.97. The molecule has 174 valence electrons. The Morgan fingerprint density at radius 3 is 2.58 bits per heavy atom. The second-order valence-electron chi connectivity index (χ2n) is 8.26. The molecule has 3 aromatic rings. The summed E-state index contributed by atoms with van der Waals surface area (Å²) in [5.41, 5.74) is 1.23. The van der Waals surface area contributed by atoms with E-state index in [1.54, 1.807) is 24.3 Å². The van der Waals surface area contributed by atoms with Gasteiger partial charge in [-0.25, -0.2) is 4.98 Å². The molecule has 0 aliphatic heterocycles. The predicted octanol–water partition coefficient (Wildman–Crippen LogP) is 3.95. The van der Waals surface area contributed by atoms with Gasteiger partial charge in [0.2, 0.25) is 0 Å². The average molecular weight is 470 g/mol. The van der Waals surface area contributed by atoms with Crippen molar-refractivity contribution in [3.8, 4) is 5.75 Å². The molecule has 4 rings (SSSR count). The van der Waals surface area contributed by atoms with Gasteiger partial charge in [-0.3, -0.25) is 9.35 Å². The number of amides is 1. The Hall–Kier alpha value is -3.17. The molecular formula is C24H27N3O5S. The van der Waals surface area contributed by atoms with Crippen LogP contribution in [0, 0.1) is 0 Å². The Morgan fingerprint density at radius 2 is 1.85 bits per heavy atom. The molecule has 0 unspecified atom stereocenters. The van der Waals surface area contributed by atoms with Crippen LogP contribution in [-0.2, 0) is 10.1 Å². The molecule has 1 fully saturated rings. The van der Waals surface area contributed by atoms with Crippen molar-refractivity contribution in [1.29, 1.82) is 0 Å². The van der Waals surface area contributed by atoms with Crippen LogP contribution in [-0.4, -0.2) is 53.8 Å². The number of aromatic nitrogens is 1. The van der Waals surface area contributed by atoms with Crippen LogP contribution in [0.1, 0.15) is 36.0 Å². The Labute approximate surface area is 193 Å². The first kappa shape index (κ1) is 23.0. The van der Waals surface area contributed by atoms with Crippen LogP contribution < -0.4 is 10.1 Å². The number of hydrogen-bond donors (Lipinski definition) is 2. The fourth-order valence-corrected chi connectivity index (χ4v) is 4.99. The van der Waals surface area contributed by atoms with Gasteiger partial charge in [0.05, 0.1) is 12.6 Å². The van der Waals surface area contributed by atoms with Crippen LogP contribution in [0.25, 0.3) is 10.9 Å². The molecule has 0 bridgehead atoms. The summed E-state index contributed by atoms with van der Waals surface area (Å²) in [6.07, 6.45) is 2.70. The smallest absolute Gasteiger partial charge is 0.283 e. The van der Waals surface area contributed by atoms with E-state index >= 15 is 0 Å². The first-order valence-electron chi connectivity index (χ1n) is 10.8. The van der Waals surface area contributed by atoms with Crippen LogP contribution in [0.2, 0.25) is 0 Å². The summed E-state index contributed by atoms with van der Waals surface area (Å²) in [5.74, 6) is 0.111. The molecule has 1 aromatic heterocycles. The second kappa shape index (κ2) is 9.76. The second-order valence-corrected chi connectivity index (χ2v) is 9.68. The van der Waals surface area contributed by atoms with Crippen molar-refractivity contribution in [2.75, 3.05) is 18.3 Å². The van der Waals surface area contributed by atoms with E-state index < -0.39 is 21.9 Å². The number of carbonyl (C=O) groups excluding carboxylic acids is 1. The highest BCUT2D eigenvalue weighted by Crippen LogP contribution is 2.28. The Morgan fingerprint density at radius 1 is 1.09 bits per heavy atom. The van der Waals surface area contributed by atoms with E-state index in [-0.39, 0.29) is 12.1 Å². The highest BCUT2D eigenvalue weighted by atomic mass is 32.2. The molecule has 33 heavy (non-hydrogen) atoms. The molecule has 1 amide bonds. The SMILES string of the molecule is COc1cccc(C(=O)N(CS(=O)(=O)O)C2CCC(Nc3ccc4ccccc4n3)CC2)c1. The number of pyridine rings is 1. The molecule has 8 nitrogen and oxygen atoms in total. The van der Waals surface area contributed by atoms with E-state index in [4.69, 9.17) is 4.74 Å². The van der Waals surface area contributed by atoms with Crippen molar-refractivity contribution in [1.82, 2.24) is 9.88 Å². The number of ether oxygens (including phenoxy) is 1. The number of para-hydroxylation sites is 1. The normalized spacial score (nSPS) is 18.6. The monoisotopic (exact) mass is 469 g/mol. The van der Waals surface area contributed by atoms with Crippen molar-refractivity contribution >= 4 is 32.7 Å². The lowest BCUT2D eigenvalue weighted by Crippen LogP contribution is -2.46. The maximum Gasteiger partial charge on any atom is 0.283 e. The van der Waals surface area contributed by atoms with Crippen molar-refractivity contribution in [2.45, 2.75) is 37.8 Å². The zero-order chi connectivity index (χ0) is 23.4. The molecule has 0 radical (unpaired) electrons. The minimum absolute atomic E-state index is 0.161. The van der Waals surface area contributed by atoms with Crippen LogP contribution in [0.15, 0.2) is 60.7 Å². The number of methoxy groups -OCH3 is 1. The fraction of sp³-hybridized carbons (Fsp3) is 0.333. The number of fused-ring (bicyclic) bond motifs is 1. The van der Waals surface area contributed by atoms with E-state index in [0.717, 1.165) is 29.6 Å². The molecule has 1 aliphatic rings. The van der Waals surface area contributed by atoms with E-state index in [2.05, 4.69) is 10.3 Å². The Kier molecular flexibility index (Phi) is 6.80. The van der Waals surface area contributed by atoms with Crippen LogP contribution >= 0.6 is 0 Å². The van der Waals surface area contributed by atoms with E-state index in [9.17, 15) is 17.8 Å². The third-order valence-corrected chi connectivity index (χ3v) is 6.57. The summed E-state index contributed by atoms with van der Waals surface area (Å²) < 4.78 is 38.0. The van der Waals surface area contributed by atoms with Crippen LogP contribution in [0.5, 0.6) is 5.75 Å². The Balaban J connectivity index is 1.45. The molecule has 1 aliphatic carbocycles. The summed E-state index contributed by atoms with van der Waals surface area (Å²) in [6, 6.07) is 18.3. The average Bonchev–Trinajstić information content (AvgIpc) is 2.82. The summed E-state index contributed by atoms with van der Waals surface area (Å²) >= 11 is 0. The highest BCUT2D eigenvalue weighted by Gasteiger charge is 2.32. The van der Waals surface area contributed by atoms with Gasteiger partial charge < -0.3 is 15.0 Å². The maximum absolute atomic E-state index is 13.2. The van der Waals surface area contributed by atoms with Crippen molar-refractivity contribution in [2.24, 2.45) is 0 Å². The molecule has 1 saturated carbocycles. The Bertz CT molecular complexity index is 1240. The standard InChI is InChI=1S/C24H27N3O5S/c1-32-21-7-4-6-18(15-21)24(28)27(16-33(29,30)31)20-12-10-19(11-13-20)25-23-14-9-17-5-2-3-8-22(17)26-23/h2-9,14-15,19-20H,10-13,16H2,1H3,(H,25,26)(H,29,30,31). The van der Waals surface area contributed by atoms with Gasteiger partial charge in [-0.05, 0) is 62.1 Å². The summed E-state index contributed by atoms with van der Waals surface area (Å²) in [5, 5.41) is 4.53. The van der Waals surface area contributed by atoms with Crippen LogP contribution in [0.4, 0.5) is 5.82 Å². The van der Waals surface area contributed by atoms with Crippen molar-refractivity contribution in [3.05, 3.63) is 66.2 Å². The zero-order valence-corrected chi connectivity index (χ0v) is 19.2. The van der Waals surface area contributed by atoms with Gasteiger partial charge in [0, 0.05) is 23.0 Å². The van der Waals surface area contributed by atoms with E-state index in [1.165, 1.54) is 12.0 Å². The topological polar surface area (TPSA) is 109 Å². The molecule has 2 N–H and O–H groups in total. The van der Waals surface area contributed by atoms with E-state index in [1.807, 2.05) is 36.4 Å². The molecular weight excluding hydrogens is 442 g/mol. The van der Waals surface area contributed by atoms with Gasteiger partial charge in [0.15, 0.2) is 0 Å². The number of hydrogen-bond acceptors (Lipinski definition) is 6. The lowest BCUT2D eigenvalue weighted by Gasteiger charge is -2.36. The zero-order valence-electron chi connectivity index (χ0n) is 18.3. The lowest BCUT2D eigenvalue weighted by atomic mass is 9.90. The minimum Gasteiger partial charge on any atom is -0.497 e. The van der Waals surface area contributed by atoms with Crippen molar-refractivity contribution < 1.29 is 22.5 Å². The summed E-state index contributed by atoms with van der Waals surface area (Å²) in [4.78, 5) is 19.1. The first-order chi connectivity index (χ1) is 15.8. The number of carbonyl (C=O) groups is 1. The lowest BCUT2D eigenvalue weighted by molar-refractivity contribution is 0.0667. The van der Waals surface area contributed by atoms with Gasteiger partial charge >= 0.3 is 0 Å². The molecule has 9 heteroatoms. The molecule has 1 heterocycles. The third kappa shape index (κ3) is 5.80. The number of benzene rings is 2. The molecule has 0 atom stereocenters. The van der Waals surface area contributed by atoms with Gasteiger partial charge in [0.1, 0.15) is 17.4 Å². The quantitative estimate of drug-likeness (QED) is 0.504. The fourth-order valence-electron chi connectivity index (χ4n) is 4.31. The number of nitrogens with one attached hydrogen (secondary N) is 1. The molecule has 0 saturated heterocycles. The highest BCUT2D eigenvalue weighted by molar-refractivity contribution is 7.85. The first-order valence-corrected chi connectivity index (χ1v) is 12.5. The van der Waals surface area contributed by atoms with E-state index in [0.29, 0.717) is 24.2 Å².